The molecule has 1 aromatic rings. The summed E-state index contributed by atoms with van der Waals surface area (Å²) in [5, 5.41) is 0. The van der Waals surface area contributed by atoms with E-state index in [-0.39, 0.29) is 5.97 Å². The van der Waals surface area contributed by atoms with Gasteiger partial charge in [-0.25, -0.2) is 0 Å². The van der Waals surface area contributed by atoms with Gasteiger partial charge in [0, 0.05) is 6.92 Å². The lowest BCUT2D eigenvalue weighted by atomic mass is 10.2. The first-order valence-corrected chi connectivity index (χ1v) is 5.88. The van der Waals surface area contributed by atoms with E-state index in [4.69, 9.17) is 4.74 Å². The molecular weight excluding hydrogens is 204 g/mol. The molecule has 0 saturated heterocycles. The van der Waals surface area contributed by atoms with E-state index in [0.717, 1.165) is 13.0 Å². The zero-order chi connectivity index (χ0) is 12.0. The fourth-order valence-electron chi connectivity index (χ4n) is 1.65. The van der Waals surface area contributed by atoms with Gasteiger partial charge in [0.2, 0.25) is 0 Å². The third-order valence-electron chi connectivity index (χ3n) is 2.51. The fourth-order valence-corrected chi connectivity index (χ4v) is 1.65. The Kier molecular flexibility index (Phi) is 5.02. The van der Waals surface area contributed by atoms with E-state index in [9.17, 15) is 4.79 Å². The number of esters is 1. The Morgan fingerprint density at radius 2 is 2.19 bits per heavy atom. The molecule has 0 aliphatic carbocycles. The molecule has 0 unspecified atom stereocenters. The van der Waals surface area contributed by atoms with Crippen molar-refractivity contribution < 1.29 is 14.1 Å². The number of carbonyl (C=O) groups is 1. The summed E-state index contributed by atoms with van der Waals surface area (Å²) in [5.41, 5.74) is 0. The molecule has 0 fully saturated rings. The SMILES string of the molecule is CCCCCCn1cc[n+](C)c1OC(C)=O. The second kappa shape index (κ2) is 6.30. The molecule has 0 radical (unpaired) electrons. The van der Waals surface area contributed by atoms with Crippen LogP contribution in [0.15, 0.2) is 12.4 Å². The van der Waals surface area contributed by atoms with Gasteiger partial charge in [0.25, 0.3) is 0 Å². The van der Waals surface area contributed by atoms with E-state index < -0.39 is 0 Å². The highest BCUT2D eigenvalue weighted by Crippen LogP contribution is 2.08. The molecule has 1 heterocycles. The van der Waals surface area contributed by atoms with Crippen LogP contribution in [0.25, 0.3) is 0 Å². The average molecular weight is 225 g/mol. The Morgan fingerprint density at radius 1 is 1.44 bits per heavy atom. The largest absolute Gasteiger partial charge is 0.463 e. The molecule has 4 nitrogen and oxygen atoms in total. The number of aromatic nitrogens is 2. The number of carbonyl (C=O) groups excluding carboxylic acids is 1. The monoisotopic (exact) mass is 225 g/mol. The van der Waals surface area contributed by atoms with Crippen LogP contribution in [0.1, 0.15) is 39.5 Å². The molecule has 0 bridgehead atoms. The number of aryl methyl sites for hydroxylation is 2. The van der Waals surface area contributed by atoms with E-state index in [1.54, 1.807) is 0 Å². The molecule has 4 heteroatoms. The van der Waals surface area contributed by atoms with Gasteiger partial charge in [0.05, 0.1) is 13.6 Å². The van der Waals surface area contributed by atoms with Gasteiger partial charge in [-0.2, -0.15) is 9.13 Å². The van der Waals surface area contributed by atoms with Crippen molar-refractivity contribution >= 4 is 5.97 Å². The second-order valence-electron chi connectivity index (χ2n) is 4.04. The van der Waals surface area contributed by atoms with Crippen LogP contribution in [0.5, 0.6) is 6.01 Å². The zero-order valence-corrected chi connectivity index (χ0v) is 10.4. The van der Waals surface area contributed by atoms with Crippen LogP contribution in [0, 0.1) is 0 Å². The molecule has 0 atom stereocenters. The summed E-state index contributed by atoms with van der Waals surface area (Å²) in [4.78, 5) is 10.9. The first-order chi connectivity index (χ1) is 7.65. The van der Waals surface area contributed by atoms with Gasteiger partial charge in [-0.1, -0.05) is 19.8 Å². The molecule has 0 spiro atoms. The van der Waals surface area contributed by atoms with Crippen molar-refractivity contribution in [2.45, 2.75) is 46.1 Å². The standard InChI is InChI=1S/C12H21N2O2/c1-4-5-6-7-8-14-10-9-13(3)12(14)16-11(2)15/h9-10H,4-8H2,1-3H3/q+1. The molecule has 0 aromatic carbocycles. The number of hydrogen-bond acceptors (Lipinski definition) is 2. The molecule has 90 valence electrons. The summed E-state index contributed by atoms with van der Waals surface area (Å²) in [6.07, 6.45) is 8.68. The molecule has 0 N–H and O–H groups in total. The quantitative estimate of drug-likeness (QED) is 0.420. The Bertz CT molecular complexity index is 345. The lowest BCUT2D eigenvalue weighted by molar-refractivity contribution is -0.675. The smallest absolute Gasteiger partial charge is 0.357 e. The van der Waals surface area contributed by atoms with Crippen molar-refractivity contribution in [2.24, 2.45) is 7.05 Å². The highest BCUT2D eigenvalue weighted by molar-refractivity contribution is 5.68. The topological polar surface area (TPSA) is 35.1 Å². The molecule has 0 aliphatic heterocycles. The van der Waals surface area contributed by atoms with E-state index in [2.05, 4.69) is 6.92 Å². The molecule has 0 saturated carbocycles. The molecule has 1 rings (SSSR count). The second-order valence-corrected chi connectivity index (χ2v) is 4.04. The zero-order valence-electron chi connectivity index (χ0n) is 10.4. The number of rotatable bonds is 6. The highest BCUT2D eigenvalue weighted by atomic mass is 16.5. The maximum absolute atomic E-state index is 10.9. The van der Waals surface area contributed by atoms with E-state index in [1.807, 2.05) is 28.6 Å². The van der Waals surface area contributed by atoms with Crippen LogP contribution < -0.4 is 9.30 Å². The van der Waals surface area contributed by atoms with Crippen molar-refractivity contribution in [3.63, 3.8) is 0 Å². The van der Waals surface area contributed by atoms with Crippen LogP contribution in [-0.4, -0.2) is 10.5 Å². The van der Waals surface area contributed by atoms with Gasteiger partial charge in [-0.05, 0) is 12.8 Å². The summed E-state index contributed by atoms with van der Waals surface area (Å²) in [7, 11) is 1.88. The van der Waals surface area contributed by atoms with Gasteiger partial charge in [0.1, 0.15) is 12.4 Å². The van der Waals surface area contributed by atoms with Crippen LogP contribution >= 0.6 is 0 Å². The summed E-state index contributed by atoms with van der Waals surface area (Å²) >= 11 is 0. The molecule has 16 heavy (non-hydrogen) atoms. The predicted octanol–water partition coefficient (Wildman–Crippen LogP) is 1.82. The number of imidazole rings is 1. The van der Waals surface area contributed by atoms with E-state index in [0.29, 0.717) is 6.01 Å². The van der Waals surface area contributed by atoms with E-state index >= 15 is 0 Å². The van der Waals surface area contributed by atoms with E-state index in [1.165, 1.54) is 26.2 Å². The summed E-state index contributed by atoms with van der Waals surface area (Å²) in [5.74, 6) is -0.274. The van der Waals surface area contributed by atoms with Crippen LogP contribution in [0.4, 0.5) is 0 Å². The molecule has 0 amide bonds. The first-order valence-electron chi connectivity index (χ1n) is 5.88. The van der Waals surface area contributed by atoms with Gasteiger partial charge in [-0.15, -0.1) is 0 Å². The number of unbranched alkanes of at least 4 members (excludes halogenated alkanes) is 3. The number of ether oxygens (including phenoxy) is 1. The summed E-state index contributed by atoms with van der Waals surface area (Å²) in [6, 6.07) is 0.615. The maximum atomic E-state index is 10.9. The third-order valence-corrected chi connectivity index (χ3v) is 2.51. The molecule has 0 aliphatic rings. The lowest BCUT2D eigenvalue weighted by Gasteiger charge is -2.01. The third kappa shape index (κ3) is 3.68. The summed E-state index contributed by atoms with van der Waals surface area (Å²) in [6.45, 7) is 4.53. The minimum absolute atomic E-state index is 0.274. The van der Waals surface area contributed by atoms with Crippen molar-refractivity contribution in [1.29, 1.82) is 0 Å². The van der Waals surface area contributed by atoms with Crippen LogP contribution in [0.2, 0.25) is 0 Å². The Morgan fingerprint density at radius 3 is 2.81 bits per heavy atom. The maximum Gasteiger partial charge on any atom is 0.463 e. The minimum Gasteiger partial charge on any atom is -0.357 e. The highest BCUT2D eigenvalue weighted by Gasteiger charge is 2.17. The summed E-state index contributed by atoms with van der Waals surface area (Å²) < 4.78 is 8.96. The Balaban J connectivity index is 2.54. The van der Waals surface area contributed by atoms with Gasteiger partial charge in [-0.3, -0.25) is 4.79 Å². The van der Waals surface area contributed by atoms with Crippen LogP contribution in [-0.2, 0) is 18.4 Å². The van der Waals surface area contributed by atoms with Crippen molar-refractivity contribution in [3.8, 4) is 6.01 Å². The predicted molar refractivity (Wildman–Crippen MR) is 61.1 cm³/mol. The van der Waals surface area contributed by atoms with Gasteiger partial charge >= 0.3 is 12.0 Å². The van der Waals surface area contributed by atoms with Crippen molar-refractivity contribution in [1.82, 2.24) is 4.57 Å². The average Bonchev–Trinajstić information content (AvgIpc) is 2.56. The first kappa shape index (κ1) is 12.7. The van der Waals surface area contributed by atoms with Crippen molar-refractivity contribution in [2.75, 3.05) is 0 Å². The lowest BCUT2D eigenvalue weighted by Crippen LogP contribution is -2.30. The molecular formula is C12H21N2O2+. The van der Waals surface area contributed by atoms with Crippen LogP contribution in [0.3, 0.4) is 0 Å². The number of hydrogen-bond donors (Lipinski definition) is 0. The Labute approximate surface area is 96.8 Å². The van der Waals surface area contributed by atoms with Gasteiger partial charge < -0.3 is 4.74 Å². The van der Waals surface area contributed by atoms with Crippen molar-refractivity contribution in [3.05, 3.63) is 12.4 Å². The minimum atomic E-state index is -0.274. The Hall–Kier alpha value is -1.32. The van der Waals surface area contributed by atoms with Gasteiger partial charge in [0.15, 0.2) is 0 Å². The fraction of sp³-hybridized carbons (Fsp3) is 0.667. The number of nitrogens with zero attached hydrogens (tertiary/aromatic N) is 2. The molecule has 1 aromatic heterocycles. The normalized spacial score (nSPS) is 10.4.